The van der Waals surface area contributed by atoms with E-state index < -0.39 is 0 Å². The molecular weight excluding hydrogens is 252 g/mol. The molecule has 0 saturated heterocycles. The molecule has 0 aromatic heterocycles. The summed E-state index contributed by atoms with van der Waals surface area (Å²) in [6.45, 7) is 0. The second kappa shape index (κ2) is 5.66. The van der Waals surface area contributed by atoms with Gasteiger partial charge < -0.3 is 5.32 Å². The number of anilines is 1. The molecule has 1 N–H and O–H groups in total. The van der Waals surface area contributed by atoms with Crippen molar-refractivity contribution in [2.45, 2.75) is 30.6 Å². The Morgan fingerprint density at radius 3 is 2.88 bits per heavy atom. The topological polar surface area (TPSA) is 35.8 Å². The molecule has 90 valence electrons. The van der Waals surface area contributed by atoms with Gasteiger partial charge in [0.2, 0.25) is 0 Å². The number of hydrogen-bond donors (Lipinski definition) is 1. The third-order valence-electron chi connectivity index (χ3n) is 3.18. The van der Waals surface area contributed by atoms with Gasteiger partial charge in [-0.3, -0.25) is 0 Å². The maximum Gasteiger partial charge on any atom is 0.101 e. The molecule has 1 fully saturated rings. The SMILES string of the molecule is CSC1CCC(Nc2ccc(C#N)c(Cl)c2)C1. The minimum atomic E-state index is 0.525. The van der Waals surface area contributed by atoms with Crippen molar-refractivity contribution >= 4 is 29.1 Å². The van der Waals surface area contributed by atoms with Gasteiger partial charge in [-0.15, -0.1) is 0 Å². The van der Waals surface area contributed by atoms with E-state index in [9.17, 15) is 0 Å². The Labute approximate surface area is 111 Å². The third kappa shape index (κ3) is 3.08. The molecule has 2 nitrogen and oxygen atoms in total. The number of thioether (sulfide) groups is 1. The van der Waals surface area contributed by atoms with Crippen LogP contribution in [-0.2, 0) is 0 Å². The van der Waals surface area contributed by atoms with Gasteiger partial charge in [0.25, 0.3) is 0 Å². The highest BCUT2D eigenvalue weighted by Gasteiger charge is 2.23. The van der Waals surface area contributed by atoms with Gasteiger partial charge in [-0.25, -0.2) is 0 Å². The van der Waals surface area contributed by atoms with E-state index in [-0.39, 0.29) is 0 Å². The van der Waals surface area contributed by atoms with Crippen molar-refractivity contribution in [3.8, 4) is 6.07 Å². The van der Waals surface area contributed by atoms with Gasteiger partial charge in [-0.2, -0.15) is 17.0 Å². The zero-order valence-electron chi connectivity index (χ0n) is 9.74. The quantitative estimate of drug-likeness (QED) is 0.901. The molecule has 1 aromatic rings. The smallest absolute Gasteiger partial charge is 0.101 e. The van der Waals surface area contributed by atoms with E-state index >= 15 is 0 Å². The van der Waals surface area contributed by atoms with Crippen LogP contribution in [0.5, 0.6) is 0 Å². The molecule has 0 radical (unpaired) electrons. The lowest BCUT2D eigenvalue weighted by Gasteiger charge is -2.14. The van der Waals surface area contributed by atoms with Gasteiger partial charge in [-0.05, 0) is 43.7 Å². The molecule has 0 aliphatic heterocycles. The summed E-state index contributed by atoms with van der Waals surface area (Å²) in [5.74, 6) is 0. The summed E-state index contributed by atoms with van der Waals surface area (Å²) in [6.07, 6.45) is 5.87. The molecule has 2 unspecified atom stereocenters. The molecule has 1 aromatic carbocycles. The van der Waals surface area contributed by atoms with E-state index in [1.807, 2.05) is 23.9 Å². The molecule has 0 amide bonds. The number of nitrogens with zero attached hydrogens (tertiary/aromatic N) is 1. The molecule has 4 heteroatoms. The third-order valence-corrected chi connectivity index (χ3v) is 4.59. The van der Waals surface area contributed by atoms with Crippen LogP contribution >= 0.6 is 23.4 Å². The Hall–Kier alpha value is -0.850. The first kappa shape index (κ1) is 12.6. The van der Waals surface area contributed by atoms with Gasteiger partial charge >= 0.3 is 0 Å². The van der Waals surface area contributed by atoms with Crippen LogP contribution in [0, 0.1) is 11.3 Å². The van der Waals surface area contributed by atoms with Crippen molar-refractivity contribution in [3.05, 3.63) is 28.8 Å². The van der Waals surface area contributed by atoms with E-state index in [2.05, 4.69) is 17.6 Å². The summed E-state index contributed by atoms with van der Waals surface area (Å²) in [7, 11) is 0. The summed E-state index contributed by atoms with van der Waals surface area (Å²) >= 11 is 7.95. The number of benzene rings is 1. The largest absolute Gasteiger partial charge is 0.382 e. The normalized spacial score (nSPS) is 23.4. The average molecular weight is 267 g/mol. The van der Waals surface area contributed by atoms with Crippen LogP contribution in [-0.4, -0.2) is 17.5 Å². The predicted molar refractivity (Wildman–Crippen MR) is 74.7 cm³/mol. The molecule has 0 heterocycles. The lowest BCUT2D eigenvalue weighted by atomic mass is 10.2. The van der Waals surface area contributed by atoms with Crippen LogP contribution in [0.15, 0.2) is 18.2 Å². The van der Waals surface area contributed by atoms with E-state index in [0.717, 1.165) is 10.9 Å². The van der Waals surface area contributed by atoms with E-state index in [1.165, 1.54) is 19.3 Å². The van der Waals surface area contributed by atoms with Crippen LogP contribution in [0.1, 0.15) is 24.8 Å². The lowest BCUT2D eigenvalue weighted by Crippen LogP contribution is -2.15. The summed E-state index contributed by atoms with van der Waals surface area (Å²) < 4.78 is 0. The Morgan fingerprint density at radius 1 is 1.47 bits per heavy atom. The zero-order chi connectivity index (χ0) is 12.3. The first-order valence-corrected chi connectivity index (χ1v) is 7.38. The highest BCUT2D eigenvalue weighted by Crippen LogP contribution is 2.31. The summed E-state index contributed by atoms with van der Waals surface area (Å²) in [6, 6.07) is 8.14. The first-order chi connectivity index (χ1) is 8.22. The zero-order valence-corrected chi connectivity index (χ0v) is 11.3. The second-order valence-corrected chi connectivity index (χ2v) is 5.86. The average Bonchev–Trinajstić information content (AvgIpc) is 2.77. The van der Waals surface area contributed by atoms with Gasteiger partial charge in [0.15, 0.2) is 0 Å². The summed E-state index contributed by atoms with van der Waals surface area (Å²) in [5, 5.41) is 13.6. The molecule has 1 saturated carbocycles. The van der Waals surface area contributed by atoms with E-state index in [1.54, 1.807) is 6.07 Å². The van der Waals surface area contributed by atoms with Crippen LogP contribution < -0.4 is 5.32 Å². The fourth-order valence-corrected chi connectivity index (χ4v) is 3.24. The number of nitrogens with one attached hydrogen (secondary N) is 1. The molecule has 2 rings (SSSR count). The first-order valence-electron chi connectivity index (χ1n) is 5.72. The van der Waals surface area contributed by atoms with Crippen LogP contribution in [0.4, 0.5) is 5.69 Å². The van der Waals surface area contributed by atoms with Crippen molar-refractivity contribution in [2.75, 3.05) is 11.6 Å². The molecule has 0 bridgehead atoms. The Morgan fingerprint density at radius 2 is 2.29 bits per heavy atom. The number of rotatable bonds is 3. The fourth-order valence-electron chi connectivity index (χ4n) is 2.22. The van der Waals surface area contributed by atoms with E-state index in [4.69, 9.17) is 16.9 Å². The van der Waals surface area contributed by atoms with Crippen molar-refractivity contribution in [1.82, 2.24) is 0 Å². The fraction of sp³-hybridized carbons (Fsp3) is 0.462. The Kier molecular flexibility index (Phi) is 4.20. The summed E-state index contributed by atoms with van der Waals surface area (Å²) in [4.78, 5) is 0. The number of nitriles is 1. The molecule has 17 heavy (non-hydrogen) atoms. The minimum absolute atomic E-state index is 0.525. The second-order valence-electron chi connectivity index (χ2n) is 4.32. The molecule has 2 atom stereocenters. The summed E-state index contributed by atoms with van der Waals surface area (Å²) in [5.41, 5.74) is 1.55. The van der Waals surface area contributed by atoms with Crippen LogP contribution in [0.25, 0.3) is 0 Å². The Balaban J connectivity index is 2.00. The molecule has 0 spiro atoms. The highest BCUT2D eigenvalue weighted by atomic mass is 35.5. The molecule has 1 aliphatic rings. The van der Waals surface area contributed by atoms with Gasteiger partial charge in [0.1, 0.15) is 6.07 Å². The van der Waals surface area contributed by atoms with E-state index in [0.29, 0.717) is 16.6 Å². The number of hydrogen-bond acceptors (Lipinski definition) is 3. The van der Waals surface area contributed by atoms with Crippen molar-refractivity contribution < 1.29 is 0 Å². The lowest BCUT2D eigenvalue weighted by molar-refractivity contribution is 0.757. The molecular formula is C13H15ClN2S. The maximum atomic E-state index is 8.80. The maximum absolute atomic E-state index is 8.80. The Bertz CT molecular complexity index is 442. The van der Waals surface area contributed by atoms with Gasteiger partial charge in [0, 0.05) is 17.0 Å². The van der Waals surface area contributed by atoms with Crippen molar-refractivity contribution in [1.29, 1.82) is 5.26 Å². The highest BCUT2D eigenvalue weighted by molar-refractivity contribution is 7.99. The van der Waals surface area contributed by atoms with Crippen molar-refractivity contribution in [3.63, 3.8) is 0 Å². The molecule has 1 aliphatic carbocycles. The monoisotopic (exact) mass is 266 g/mol. The van der Waals surface area contributed by atoms with Crippen molar-refractivity contribution in [2.24, 2.45) is 0 Å². The standard InChI is InChI=1S/C13H15ClN2S/c1-17-12-5-4-10(6-12)16-11-3-2-9(8-15)13(14)7-11/h2-3,7,10,12,16H,4-6H2,1H3. The number of halogens is 1. The van der Waals surface area contributed by atoms with Crippen LogP contribution in [0.2, 0.25) is 5.02 Å². The predicted octanol–water partition coefficient (Wildman–Crippen LogP) is 3.91. The van der Waals surface area contributed by atoms with Crippen LogP contribution in [0.3, 0.4) is 0 Å². The minimum Gasteiger partial charge on any atom is -0.382 e. The van der Waals surface area contributed by atoms with Gasteiger partial charge in [0.05, 0.1) is 10.6 Å². The van der Waals surface area contributed by atoms with Gasteiger partial charge in [-0.1, -0.05) is 11.6 Å².